The molecule has 9 heteroatoms. The number of ether oxygens (including phenoxy) is 4. The van der Waals surface area contributed by atoms with E-state index in [9.17, 15) is 4.79 Å². The molecule has 1 aliphatic rings. The molecule has 0 radical (unpaired) electrons. The monoisotopic (exact) mass is 564 g/mol. The summed E-state index contributed by atoms with van der Waals surface area (Å²) < 4.78 is 22.2. The average molecular weight is 566 g/mol. The summed E-state index contributed by atoms with van der Waals surface area (Å²) in [5.41, 5.74) is 1.27. The highest BCUT2D eigenvalue weighted by Gasteiger charge is 2.22. The molecule has 1 amide bonds. The van der Waals surface area contributed by atoms with Crippen LogP contribution in [-0.4, -0.2) is 76.6 Å². The molecule has 1 heterocycles. The Hall–Kier alpha value is -1.25. The number of nitrogens with one attached hydrogen (secondary N) is 1. The van der Waals surface area contributed by atoms with E-state index in [1.54, 1.807) is 14.2 Å². The number of rotatable bonds is 17. The second-order valence-electron chi connectivity index (χ2n) is 9.84. The third-order valence-corrected chi connectivity index (χ3v) is 6.50. The van der Waals surface area contributed by atoms with Crippen molar-refractivity contribution in [2.75, 3.05) is 53.6 Å². The Labute approximate surface area is 237 Å². The number of hydrogen-bond donors (Lipinski definition) is 1. The summed E-state index contributed by atoms with van der Waals surface area (Å²) in [4.78, 5) is 14.8. The Morgan fingerprint density at radius 1 is 1.03 bits per heavy atom. The number of carbonyl (C=O) groups excluding carboxylic acids is 1. The first kappa shape index (κ1) is 35.8. The van der Waals surface area contributed by atoms with Crippen LogP contribution in [0.1, 0.15) is 64.9 Å². The molecule has 0 bridgehead atoms. The molecule has 37 heavy (non-hydrogen) atoms. The lowest BCUT2D eigenvalue weighted by Crippen LogP contribution is -2.48. The highest BCUT2D eigenvalue weighted by molar-refractivity contribution is 5.85. The summed E-state index contributed by atoms with van der Waals surface area (Å²) in [5.74, 6) is 1.82. The topological polar surface area (TPSA) is 69.3 Å². The Morgan fingerprint density at radius 3 is 2.41 bits per heavy atom. The van der Waals surface area contributed by atoms with Crippen LogP contribution in [0.15, 0.2) is 18.2 Å². The van der Waals surface area contributed by atoms with Gasteiger partial charge in [0.05, 0.1) is 25.9 Å². The molecule has 0 spiro atoms. The zero-order valence-corrected chi connectivity index (χ0v) is 25.1. The van der Waals surface area contributed by atoms with Crippen molar-refractivity contribution in [2.45, 2.75) is 77.9 Å². The quantitative estimate of drug-likeness (QED) is 0.258. The van der Waals surface area contributed by atoms with E-state index in [-0.39, 0.29) is 48.8 Å². The SMILES string of the molecule is COCCCOc1cc(CCCCCC[C@@H](C)C(=O)NCCN2C[C@@H](C)O[C@@H](C)C2)ccc1OC.Cl.Cl. The Balaban J connectivity index is 0.00000648. The second-order valence-corrected chi connectivity index (χ2v) is 9.84. The molecule has 216 valence electrons. The smallest absolute Gasteiger partial charge is 0.222 e. The minimum absolute atomic E-state index is 0. The average Bonchev–Trinajstić information content (AvgIpc) is 2.83. The van der Waals surface area contributed by atoms with Gasteiger partial charge in [-0.2, -0.15) is 0 Å². The van der Waals surface area contributed by atoms with Crippen molar-refractivity contribution < 1.29 is 23.7 Å². The number of unbranched alkanes of at least 4 members (excludes halogenated alkanes) is 3. The van der Waals surface area contributed by atoms with Gasteiger partial charge in [0, 0.05) is 52.2 Å². The maximum Gasteiger partial charge on any atom is 0.222 e. The highest BCUT2D eigenvalue weighted by atomic mass is 35.5. The molecular formula is C28H50Cl2N2O5. The van der Waals surface area contributed by atoms with Crippen LogP contribution in [-0.2, 0) is 20.7 Å². The lowest BCUT2D eigenvalue weighted by Gasteiger charge is -2.35. The molecule has 2 rings (SSSR count). The molecule has 0 unspecified atom stereocenters. The van der Waals surface area contributed by atoms with Gasteiger partial charge in [0.25, 0.3) is 0 Å². The van der Waals surface area contributed by atoms with Crippen LogP contribution in [0.5, 0.6) is 11.5 Å². The van der Waals surface area contributed by atoms with Gasteiger partial charge in [-0.25, -0.2) is 0 Å². The van der Waals surface area contributed by atoms with Crippen molar-refractivity contribution in [3.05, 3.63) is 23.8 Å². The fraction of sp³-hybridized carbons (Fsp3) is 0.750. The molecular weight excluding hydrogens is 515 g/mol. The molecule has 1 saturated heterocycles. The van der Waals surface area contributed by atoms with Crippen molar-refractivity contribution >= 4 is 30.7 Å². The summed E-state index contributed by atoms with van der Waals surface area (Å²) in [6.45, 7) is 11.0. The fourth-order valence-corrected chi connectivity index (χ4v) is 4.62. The Morgan fingerprint density at radius 2 is 1.73 bits per heavy atom. The van der Waals surface area contributed by atoms with E-state index in [2.05, 4.69) is 36.2 Å². The van der Waals surface area contributed by atoms with E-state index in [4.69, 9.17) is 18.9 Å². The number of carbonyl (C=O) groups is 1. The largest absolute Gasteiger partial charge is 0.493 e. The van der Waals surface area contributed by atoms with Gasteiger partial charge in [0.1, 0.15) is 0 Å². The predicted molar refractivity (Wildman–Crippen MR) is 155 cm³/mol. The minimum atomic E-state index is 0. The van der Waals surface area contributed by atoms with Crippen molar-refractivity contribution in [1.82, 2.24) is 10.2 Å². The van der Waals surface area contributed by atoms with E-state index in [0.29, 0.717) is 19.8 Å². The normalized spacial score (nSPS) is 18.3. The van der Waals surface area contributed by atoms with Gasteiger partial charge in [-0.05, 0) is 50.8 Å². The molecule has 1 aromatic rings. The maximum absolute atomic E-state index is 12.4. The van der Waals surface area contributed by atoms with Crippen LogP contribution in [0.3, 0.4) is 0 Å². The van der Waals surface area contributed by atoms with E-state index in [1.807, 2.05) is 13.0 Å². The van der Waals surface area contributed by atoms with Gasteiger partial charge in [0.15, 0.2) is 11.5 Å². The first-order valence-corrected chi connectivity index (χ1v) is 13.4. The van der Waals surface area contributed by atoms with Crippen molar-refractivity contribution in [3.8, 4) is 11.5 Å². The summed E-state index contributed by atoms with van der Waals surface area (Å²) in [6.07, 6.45) is 7.88. The van der Waals surface area contributed by atoms with Crippen molar-refractivity contribution in [2.24, 2.45) is 5.92 Å². The fourth-order valence-electron chi connectivity index (χ4n) is 4.62. The second kappa shape index (κ2) is 20.7. The number of amides is 1. The number of hydrogen-bond acceptors (Lipinski definition) is 6. The summed E-state index contributed by atoms with van der Waals surface area (Å²) in [5, 5.41) is 3.12. The maximum atomic E-state index is 12.4. The third-order valence-electron chi connectivity index (χ3n) is 6.50. The number of benzene rings is 1. The molecule has 0 aliphatic carbocycles. The highest BCUT2D eigenvalue weighted by Crippen LogP contribution is 2.29. The van der Waals surface area contributed by atoms with Crippen LogP contribution in [0.2, 0.25) is 0 Å². The van der Waals surface area contributed by atoms with Gasteiger partial charge in [-0.1, -0.05) is 32.3 Å². The van der Waals surface area contributed by atoms with Gasteiger partial charge in [-0.3, -0.25) is 9.69 Å². The van der Waals surface area contributed by atoms with Crippen molar-refractivity contribution in [1.29, 1.82) is 0 Å². The van der Waals surface area contributed by atoms with E-state index >= 15 is 0 Å². The molecule has 0 aromatic heterocycles. The zero-order valence-electron chi connectivity index (χ0n) is 23.5. The van der Waals surface area contributed by atoms with E-state index in [0.717, 1.165) is 76.1 Å². The molecule has 1 fully saturated rings. The molecule has 1 N–H and O–H groups in total. The zero-order chi connectivity index (χ0) is 25.5. The van der Waals surface area contributed by atoms with Crippen LogP contribution in [0.4, 0.5) is 0 Å². The van der Waals surface area contributed by atoms with Crippen molar-refractivity contribution in [3.63, 3.8) is 0 Å². The molecule has 7 nitrogen and oxygen atoms in total. The summed E-state index contributed by atoms with van der Waals surface area (Å²) >= 11 is 0. The number of morpholine rings is 1. The van der Waals surface area contributed by atoms with Gasteiger partial charge < -0.3 is 24.3 Å². The standard InChI is InChI=1S/C28H48N2O5.2ClH/c1-22(28(31)29-15-16-30-20-23(2)35-24(3)21-30)11-8-6-7-9-12-25-13-14-26(33-5)27(19-25)34-18-10-17-32-4;;/h13-14,19,22-24H,6-12,15-18,20-21H2,1-5H3,(H,29,31);2*1H/t22-,23-,24+;;/m1../s1. The first-order valence-electron chi connectivity index (χ1n) is 13.4. The number of aryl methyl sites for hydroxylation is 1. The predicted octanol–water partition coefficient (Wildman–Crippen LogP) is 5.31. The summed E-state index contributed by atoms with van der Waals surface area (Å²) in [6, 6.07) is 6.20. The molecule has 1 aliphatic heterocycles. The molecule has 3 atom stereocenters. The Kier molecular flexibility index (Phi) is 20.0. The van der Waals surface area contributed by atoms with Crippen LogP contribution in [0, 0.1) is 5.92 Å². The van der Waals surface area contributed by atoms with Crippen LogP contribution < -0.4 is 14.8 Å². The van der Waals surface area contributed by atoms with E-state index < -0.39 is 0 Å². The van der Waals surface area contributed by atoms with Gasteiger partial charge in [-0.15, -0.1) is 24.8 Å². The summed E-state index contributed by atoms with van der Waals surface area (Å²) in [7, 11) is 3.37. The van der Waals surface area contributed by atoms with Gasteiger partial charge >= 0.3 is 0 Å². The molecule has 0 saturated carbocycles. The minimum Gasteiger partial charge on any atom is -0.493 e. The number of methoxy groups -OCH3 is 2. The van der Waals surface area contributed by atoms with E-state index in [1.165, 1.54) is 5.56 Å². The lowest BCUT2D eigenvalue weighted by molar-refractivity contribution is -0.124. The third kappa shape index (κ3) is 14.5. The van der Waals surface area contributed by atoms with Gasteiger partial charge in [0.2, 0.25) is 5.91 Å². The van der Waals surface area contributed by atoms with Crippen LogP contribution in [0.25, 0.3) is 0 Å². The number of halogens is 2. The Bertz CT molecular complexity index is 731. The lowest BCUT2D eigenvalue weighted by atomic mass is 10.00. The van der Waals surface area contributed by atoms with Crippen LogP contribution >= 0.6 is 24.8 Å². The number of nitrogens with zero attached hydrogens (tertiary/aromatic N) is 1. The first-order chi connectivity index (χ1) is 16.9. The molecule has 1 aromatic carbocycles.